The molecule has 1 rings (SSSR count). The van der Waals surface area contributed by atoms with Crippen LogP contribution >= 0.6 is 35.0 Å². The first-order valence-corrected chi connectivity index (χ1v) is 4.53. The maximum Gasteiger partial charge on any atom is 0.0419 e. The van der Waals surface area contributed by atoms with Gasteiger partial charge in [0.05, 0.1) is 0 Å². The summed E-state index contributed by atoms with van der Waals surface area (Å²) in [7, 11) is 0. The van der Waals surface area contributed by atoms with Gasteiger partial charge < -0.3 is 11.5 Å². The van der Waals surface area contributed by atoms with Gasteiger partial charge in [-0.1, -0.05) is 12.1 Å². The third-order valence-corrected chi connectivity index (χ3v) is 2.27. The number of benzene rings is 1. The van der Waals surface area contributed by atoms with Crippen LogP contribution < -0.4 is 11.5 Å². The highest BCUT2D eigenvalue weighted by Gasteiger charge is 2.01. The van der Waals surface area contributed by atoms with Crippen molar-refractivity contribution in [2.45, 2.75) is 6.04 Å². The van der Waals surface area contributed by atoms with Crippen molar-refractivity contribution in [2.75, 3.05) is 6.54 Å². The summed E-state index contributed by atoms with van der Waals surface area (Å²) in [6.45, 7) is 0.501. The van der Waals surface area contributed by atoms with E-state index in [1.54, 1.807) is 0 Å². The van der Waals surface area contributed by atoms with E-state index in [-0.39, 0.29) is 18.4 Å². The van der Waals surface area contributed by atoms with E-state index in [1.165, 1.54) is 3.57 Å². The number of hydrogen-bond donors (Lipinski definition) is 2. The summed E-state index contributed by atoms with van der Waals surface area (Å²) in [5.74, 6) is 0. The van der Waals surface area contributed by atoms with Crippen molar-refractivity contribution < 1.29 is 0 Å². The molecule has 0 aliphatic rings. The Labute approximate surface area is 92.3 Å². The number of hydrogen-bond acceptors (Lipinski definition) is 2. The number of rotatable bonds is 2. The van der Waals surface area contributed by atoms with Crippen LogP contribution in [0.1, 0.15) is 11.6 Å². The molecular formula is C8H12ClIN2. The van der Waals surface area contributed by atoms with Gasteiger partial charge in [0.2, 0.25) is 0 Å². The molecule has 0 spiro atoms. The molecule has 1 aromatic rings. The summed E-state index contributed by atoms with van der Waals surface area (Å²) >= 11 is 2.26. The Bertz CT molecular complexity index is 225. The molecule has 12 heavy (non-hydrogen) atoms. The Morgan fingerprint density at radius 2 is 1.75 bits per heavy atom. The molecular weight excluding hydrogens is 286 g/mol. The third kappa shape index (κ3) is 3.26. The Morgan fingerprint density at radius 3 is 2.17 bits per heavy atom. The topological polar surface area (TPSA) is 52.0 Å². The summed E-state index contributed by atoms with van der Waals surface area (Å²) in [6, 6.07) is 8.07. The minimum absolute atomic E-state index is 0. The summed E-state index contributed by atoms with van der Waals surface area (Å²) < 4.78 is 1.22. The van der Waals surface area contributed by atoms with Crippen molar-refractivity contribution in [3.05, 3.63) is 33.4 Å². The maximum atomic E-state index is 5.72. The van der Waals surface area contributed by atoms with Crippen LogP contribution in [0.5, 0.6) is 0 Å². The van der Waals surface area contributed by atoms with E-state index in [9.17, 15) is 0 Å². The van der Waals surface area contributed by atoms with Crippen LogP contribution in [0.25, 0.3) is 0 Å². The molecule has 0 bridgehead atoms. The van der Waals surface area contributed by atoms with Crippen molar-refractivity contribution in [1.29, 1.82) is 0 Å². The molecule has 0 aliphatic heterocycles. The van der Waals surface area contributed by atoms with Crippen LogP contribution in [0.15, 0.2) is 24.3 Å². The molecule has 0 aromatic heterocycles. The lowest BCUT2D eigenvalue weighted by molar-refractivity contribution is 0.737. The second-order valence-corrected chi connectivity index (χ2v) is 3.64. The SMILES string of the molecule is Cl.NC[C@H](N)c1ccc(I)cc1. The van der Waals surface area contributed by atoms with Crippen LogP contribution in [0.4, 0.5) is 0 Å². The van der Waals surface area contributed by atoms with E-state index < -0.39 is 0 Å². The lowest BCUT2D eigenvalue weighted by Gasteiger charge is -2.07. The Hall–Kier alpha value is 0.160. The zero-order valence-electron chi connectivity index (χ0n) is 6.53. The third-order valence-electron chi connectivity index (χ3n) is 1.55. The van der Waals surface area contributed by atoms with Gasteiger partial charge in [0.25, 0.3) is 0 Å². The van der Waals surface area contributed by atoms with E-state index >= 15 is 0 Å². The van der Waals surface area contributed by atoms with Crippen molar-refractivity contribution in [3.63, 3.8) is 0 Å². The molecule has 0 radical (unpaired) electrons. The van der Waals surface area contributed by atoms with Gasteiger partial charge in [0, 0.05) is 16.2 Å². The second kappa shape index (κ2) is 5.75. The van der Waals surface area contributed by atoms with E-state index in [0.717, 1.165) is 5.56 Å². The maximum absolute atomic E-state index is 5.72. The van der Waals surface area contributed by atoms with Gasteiger partial charge >= 0.3 is 0 Å². The molecule has 68 valence electrons. The first-order chi connectivity index (χ1) is 5.24. The molecule has 0 unspecified atom stereocenters. The van der Waals surface area contributed by atoms with Crippen LogP contribution in [0.2, 0.25) is 0 Å². The van der Waals surface area contributed by atoms with E-state index in [0.29, 0.717) is 6.54 Å². The summed E-state index contributed by atoms with van der Waals surface area (Å²) in [4.78, 5) is 0. The normalized spacial score (nSPS) is 11.9. The predicted octanol–water partition coefficient (Wildman–Crippen LogP) is 1.67. The molecule has 0 amide bonds. The standard InChI is InChI=1S/C8H11IN2.ClH/c9-7-3-1-6(2-4-7)8(11)5-10;/h1-4,8H,5,10-11H2;1H/t8-;/m0./s1. The van der Waals surface area contributed by atoms with Crippen molar-refractivity contribution in [2.24, 2.45) is 11.5 Å². The Balaban J connectivity index is 0.00000121. The van der Waals surface area contributed by atoms with E-state index in [4.69, 9.17) is 11.5 Å². The quantitative estimate of drug-likeness (QED) is 0.816. The average Bonchev–Trinajstić information content (AvgIpc) is 2.05. The van der Waals surface area contributed by atoms with Gasteiger partial charge in [0.15, 0.2) is 0 Å². The fourth-order valence-corrected chi connectivity index (χ4v) is 1.21. The fraction of sp³-hybridized carbons (Fsp3) is 0.250. The summed E-state index contributed by atoms with van der Waals surface area (Å²) in [6.07, 6.45) is 0. The minimum atomic E-state index is -0.0213. The summed E-state index contributed by atoms with van der Waals surface area (Å²) in [5, 5.41) is 0. The van der Waals surface area contributed by atoms with Crippen LogP contribution in [0, 0.1) is 3.57 Å². The highest BCUT2D eigenvalue weighted by atomic mass is 127. The zero-order chi connectivity index (χ0) is 8.27. The molecule has 4 N–H and O–H groups in total. The minimum Gasteiger partial charge on any atom is -0.329 e. The monoisotopic (exact) mass is 298 g/mol. The van der Waals surface area contributed by atoms with Gasteiger partial charge in [-0.15, -0.1) is 12.4 Å². The molecule has 0 saturated carbocycles. The average molecular weight is 299 g/mol. The highest BCUT2D eigenvalue weighted by molar-refractivity contribution is 14.1. The lowest BCUT2D eigenvalue weighted by atomic mass is 10.1. The molecule has 0 heterocycles. The van der Waals surface area contributed by atoms with Gasteiger partial charge in [-0.2, -0.15) is 0 Å². The first kappa shape index (κ1) is 12.2. The molecule has 0 fully saturated rings. The molecule has 2 nitrogen and oxygen atoms in total. The smallest absolute Gasteiger partial charge is 0.0419 e. The lowest BCUT2D eigenvalue weighted by Crippen LogP contribution is -2.20. The van der Waals surface area contributed by atoms with Crippen LogP contribution in [-0.2, 0) is 0 Å². The summed E-state index contributed by atoms with van der Waals surface area (Å²) in [5.41, 5.74) is 12.2. The predicted molar refractivity (Wildman–Crippen MR) is 62.4 cm³/mol. The molecule has 4 heteroatoms. The number of halogens is 2. The van der Waals surface area contributed by atoms with Gasteiger partial charge in [-0.3, -0.25) is 0 Å². The van der Waals surface area contributed by atoms with Gasteiger partial charge in [-0.25, -0.2) is 0 Å². The van der Waals surface area contributed by atoms with Gasteiger partial charge in [0.1, 0.15) is 0 Å². The van der Waals surface area contributed by atoms with Crippen molar-refractivity contribution in [1.82, 2.24) is 0 Å². The van der Waals surface area contributed by atoms with Crippen LogP contribution in [0.3, 0.4) is 0 Å². The molecule has 1 aromatic carbocycles. The first-order valence-electron chi connectivity index (χ1n) is 3.45. The second-order valence-electron chi connectivity index (χ2n) is 2.39. The van der Waals surface area contributed by atoms with Gasteiger partial charge in [-0.05, 0) is 40.3 Å². The van der Waals surface area contributed by atoms with Crippen molar-refractivity contribution >= 4 is 35.0 Å². The zero-order valence-corrected chi connectivity index (χ0v) is 9.51. The van der Waals surface area contributed by atoms with Crippen LogP contribution in [-0.4, -0.2) is 6.54 Å². The Kier molecular flexibility index (Phi) is 5.82. The number of nitrogens with two attached hydrogens (primary N) is 2. The largest absolute Gasteiger partial charge is 0.329 e. The highest BCUT2D eigenvalue weighted by Crippen LogP contribution is 2.11. The van der Waals surface area contributed by atoms with E-state index in [2.05, 4.69) is 22.6 Å². The fourth-order valence-electron chi connectivity index (χ4n) is 0.846. The Morgan fingerprint density at radius 1 is 1.25 bits per heavy atom. The molecule has 0 saturated heterocycles. The molecule has 1 atom stereocenters. The van der Waals surface area contributed by atoms with Crippen molar-refractivity contribution in [3.8, 4) is 0 Å². The molecule has 0 aliphatic carbocycles. The van der Waals surface area contributed by atoms with E-state index in [1.807, 2.05) is 24.3 Å².